The number of H-pyrrole nitrogens is 1. The molecule has 0 aliphatic carbocycles. The van der Waals surface area contributed by atoms with Crippen molar-refractivity contribution in [3.63, 3.8) is 0 Å². The Morgan fingerprint density at radius 3 is 2.57 bits per heavy atom. The first kappa shape index (κ1) is 15.6. The summed E-state index contributed by atoms with van der Waals surface area (Å²) >= 11 is 4.05. The molecule has 0 radical (unpaired) electrons. The molecular weight excluding hydrogens is 502 g/mol. The summed E-state index contributed by atoms with van der Waals surface area (Å²) in [5, 5.41) is 34.1. The molecule has 1 aromatic heterocycles. The lowest BCUT2D eigenvalue weighted by molar-refractivity contribution is 0.0696. The van der Waals surface area contributed by atoms with Gasteiger partial charge in [-0.1, -0.05) is 0 Å². The van der Waals surface area contributed by atoms with Gasteiger partial charge in [0, 0.05) is 13.3 Å². The molecule has 0 unspecified atom stereocenters. The average Bonchev–Trinajstić information content (AvgIpc) is 2.95. The molecule has 3 N–H and O–H groups in total. The van der Waals surface area contributed by atoms with Crippen molar-refractivity contribution in [1.82, 2.24) is 20.6 Å². The van der Waals surface area contributed by atoms with Gasteiger partial charge < -0.3 is 10.4 Å². The number of allylic oxidation sites excluding steroid dienone is 1. The number of nitriles is 1. The minimum atomic E-state index is -0.988. The first-order chi connectivity index (χ1) is 10.0. The Labute approximate surface area is 145 Å². The molecule has 21 heavy (non-hydrogen) atoms. The standard InChI is InChI=1S/C11H6I2N6O2/c12-7-1-5(11(20)21)2-8(13)9(7)15-4-6(3-14)10-16-18-19-17-10/h1-2,4,15H,(H,20,21)(H,16,17,18,19). The molecule has 0 fully saturated rings. The molecule has 0 aliphatic heterocycles. The molecule has 0 aliphatic rings. The van der Waals surface area contributed by atoms with E-state index in [-0.39, 0.29) is 17.0 Å². The number of hydrogen-bond donors (Lipinski definition) is 3. The van der Waals surface area contributed by atoms with Gasteiger partial charge in [-0.05, 0) is 62.5 Å². The van der Waals surface area contributed by atoms with Gasteiger partial charge in [0.15, 0.2) is 0 Å². The maximum absolute atomic E-state index is 11.0. The molecule has 2 rings (SSSR count). The minimum Gasteiger partial charge on any atom is -0.478 e. The predicted octanol–water partition coefficient (Wildman–Crippen LogP) is 2.08. The van der Waals surface area contributed by atoms with Crippen LogP contribution in [0.1, 0.15) is 16.2 Å². The number of aromatic nitrogens is 4. The molecule has 1 aromatic carbocycles. The molecule has 1 heterocycles. The molecule has 106 valence electrons. The quantitative estimate of drug-likeness (QED) is 0.427. The summed E-state index contributed by atoms with van der Waals surface area (Å²) < 4.78 is 1.44. The van der Waals surface area contributed by atoms with Gasteiger partial charge in [0.2, 0.25) is 5.82 Å². The second-order valence-electron chi connectivity index (χ2n) is 3.67. The highest BCUT2D eigenvalue weighted by molar-refractivity contribution is 14.1. The smallest absolute Gasteiger partial charge is 0.335 e. The molecule has 8 nitrogen and oxygen atoms in total. The number of aromatic amines is 1. The molecule has 10 heteroatoms. The molecule has 0 bridgehead atoms. The number of halogens is 2. The van der Waals surface area contributed by atoms with Crippen molar-refractivity contribution >= 4 is 62.4 Å². The second-order valence-corrected chi connectivity index (χ2v) is 5.99. The van der Waals surface area contributed by atoms with Crippen molar-refractivity contribution in [3.05, 3.63) is 36.9 Å². The van der Waals surface area contributed by atoms with E-state index >= 15 is 0 Å². The summed E-state index contributed by atoms with van der Waals surface area (Å²) in [6, 6.07) is 5.04. The lowest BCUT2D eigenvalue weighted by Gasteiger charge is -2.09. The van der Waals surface area contributed by atoms with Crippen molar-refractivity contribution in [1.29, 1.82) is 5.26 Å². The molecule has 0 atom stereocenters. The second kappa shape index (κ2) is 6.80. The summed E-state index contributed by atoms with van der Waals surface area (Å²) in [7, 11) is 0. The fourth-order valence-electron chi connectivity index (χ4n) is 1.40. The van der Waals surface area contributed by atoms with Gasteiger partial charge in [0.25, 0.3) is 0 Å². The highest BCUT2D eigenvalue weighted by Gasteiger charge is 2.12. The van der Waals surface area contributed by atoms with Gasteiger partial charge in [-0.2, -0.15) is 10.5 Å². The van der Waals surface area contributed by atoms with Crippen molar-refractivity contribution in [2.45, 2.75) is 0 Å². The number of anilines is 1. The van der Waals surface area contributed by atoms with Crippen LogP contribution < -0.4 is 5.32 Å². The normalized spacial score (nSPS) is 11.0. The monoisotopic (exact) mass is 508 g/mol. The molecule has 0 amide bonds. The van der Waals surface area contributed by atoms with Crippen molar-refractivity contribution in [2.24, 2.45) is 0 Å². The fraction of sp³-hybridized carbons (Fsp3) is 0. The Balaban J connectivity index is 2.32. The van der Waals surface area contributed by atoms with Gasteiger partial charge >= 0.3 is 5.97 Å². The van der Waals surface area contributed by atoms with Crippen LogP contribution in [0.4, 0.5) is 5.69 Å². The summed E-state index contributed by atoms with van der Waals surface area (Å²) in [5.74, 6) is -0.811. The number of benzene rings is 1. The number of carboxylic acid groups (broad SMARTS) is 1. The van der Waals surface area contributed by atoms with E-state index in [0.29, 0.717) is 5.69 Å². The van der Waals surface area contributed by atoms with Crippen LogP contribution in [-0.2, 0) is 0 Å². The highest BCUT2D eigenvalue weighted by Crippen LogP contribution is 2.27. The lowest BCUT2D eigenvalue weighted by Crippen LogP contribution is -2.02. The van der Waals surface area contributed by atoms with E-state index < -0.39 is 5.97 Å². The first-order valence-corrected chi connectivity index (χ1v) is 7.51. The van der Waals surface area contributed by atoms with E-state index in [1.165, 1.54) is 6.20 Å². The SMILES string of the molecule is N#CC(=CNc1c(I)cc(C(=O)O)cc1I)c1nn[nH]n1. The summed E-state index contributed by atoms with van der Waals surface area (Å²) in [4.78, 5) is 11.0. The number of carboxylic acids is 1. The van der Waals surface area contributed by atoms with E-state index in [1.54, 1.807) is 12.1 Å². The summed E-state index contributed by atoms with van der Waals surface area (Å²) in [5.41, 5.74) is 1.12. The zero-order chi connectivity index (χ0) is 15.4. The average molecular weight is 508 g/mol. The van der Waals surface area contributed by atoms with Gasteiger partial charge in [-0.3, -0.25) is 0 Å². The van der Waals surface area contributed by atoms with Crippen molar-refractivity contribution in [2.75, 3.05) is 5.32 Å². The van der Waals surface area contributed by atoms with Crippen molar-refractivity contribution < 1.29 is 9.90 Å². The van der Waals surface area contributed by atoms with Gasteiger partial charge in [-0.15, -0.1) is 10.2 Å². The largest absolute Gasteiger partial charge is 0.478 e. The highest BCUT2D eigenvalue weighted by atomic mass is 127. The molecule has 0 spiro atoms. The number of nitrogens with zero attached hydrogens (tertiary/aromatic N) is 4. The number of carbonyl (C=O) groups is 1. The van der Waals surface area contributed by atoms with Crippen LogP contribution in [-0.4, -0.2) is 31.7 Å². The van der Waals surface area contributed by atoms with Crippen LogP contribution in [0, 0.1) is 18.5 Å². The lowest BCUT2D eigenvalue weighted by atomic mass is 10.2. The Hall–Kier alpha value is -1.75. The summed E-state index contributed by atoms with van der Waals surface area (Å²) in [6.45, 7) is 0. The molecule has 0 saturated heterocycles. The number of hydrogen-bond acceptors (Lipinski definition) is 6. The number of rotatable bonds is 4. The third-order valence-electron chi connectivity index (χ3n) is 2.36. The third kappa shape index (κ3) is 3.67. The predicted molar refractivity (Wildman–Crippen MR) is 90.2 cm³/mol. The topological polar surface area (TPSA) is 128 Å². The Bertz CT molecular complexity index is 728. The maximum Gasteiger partial charge on any atom is 0.335 e. The van der Waals surface area contributed by atoms with Crippen LogP contribution in [0.15, 0.2) is 18.3 Å². The van der Waals surface area contributed by atoms with E-state index in [4.69, 9.17) is 10.4 Å². The van der Waals surface area contributed by atoms with E-state index in [1.807, 2.05) is 51.3 Å². The van der Waals surface area contributed by atoms with Crippen LogP contribution in [0.3, 0.4) is 0 Å². The van der Waals surface area contributed by atoms with Crippen molar-refractivity contribution in [3.8, 4) is 6.07 Å². The first-order valence-electron chi connectivity index (χ1n) is 5.36. The Morgan fingerprint density at radius 1 is 1.43 bits per heavy atom. The number of tetrazole rings is 1. The molecule has 2 aromatic rings. The van der Waals surface area contributed by atoms with E-state index in [9.17, 15) is 4.79 Å². The third-order valence-corrected chi connectivity index (χ3v) is 4.06. The minimum absolute atomic E-state index is 0.178. The van der Waals surface area contributed by atoms with E-state index in [0.717, 1.165) is 7.14 Å². The number of aromatic carboxylic acids is 1. The van der Waals surface area contributed by atoms with Gasteiger partial charge in [-0.25, -0.2) is 4.79 Å². The fourth-order valence-corrected chi connectivity index (χ4v) is 3.48. The van der Waals surface area contributed by atoms with Crippen LogP contribution >= 0.6 is 45.2 Å². The maximum atomic E-state index is 11.0. The van der Waals surface area contributed by atoms with Crippen LogP contribution in [0.5, 0.6) is 0 Å². The molecule has 0 saturated carbocycles. The van der Waals surface area contributed by atoms with Gasteiger partial charge in [0.1, 0.15) is 11.6 Å². The van der Waals surface area contributed by atoms with Crippen LogP contribution in [0.2, 0.25) is 0 Å². The summed E-state index contributed by atoms with van der Waals surface area (Å²) in [6.07, 6.45) is 1.45. The Kier molecular flexibility index (Phi) is 5.07. The Morgan fingerprint density at radius 2 is 2.10 bits per heavy atom. The zero-order valence-corrected chi connectivity index (χ0v) is 14.4. The molecular formula is C11H6I2N6O2. The number of nitrogens with one attached hydrogen (secondary N) is 2. The van der Waals surface area contributed by atoms with E-state index in [2.05, 4.69) is 25.9 Å². The zero-order valence-electron chi connectivity index (χ0n) is 10.1. The van der Waals surface area contributed by atoms with Gasteiger partial charge in [0.05, 0.1) is 11.3 Å². The van der Waals surface area contributed by atoms with Crippen LogP contribution in [0.25, 0.3) is 5.57 Å².